The van der Waals surface area contributed by atoms with Crippen molar-refractivity contribution in [2.45, 2.75) is 31.9 Å². The van der Waals surface area contributed by atoms with Crippen LogP contribution in [-0.2, 0) is 19.0 Å². The summed E-state index contributed by atoms with van der Waals surface area (Å²) in [5.74, 6) is -0.952. The quantitative estimate of drug-likeness (QED) is 0.446. The second-order valence-electron chi connectivity index (χ2n) is 8.35. The number of amides is 1. The van der Waals surface area contributed by atoms with Crippen molar-refractivity contribution in [1.82, 2.24) is 15.2 Å². The van der Waals surface area contributed by atoms with Gasteiger partial charge < -0.3 is 10.0 Å². The van der Waals surface area contributed by atoms with E-state index in [1.807, 2.05) is 6.07 Å². The number of halogens is 3. The highest BCUT2D eigenvalue weighted by molar-refractivity contribution is 5.96. The number of anilines is 1. The molecule has 1 aromatic heterocycles. The number of carbonyl (C=O) groups excluding carboxylic acids is 1. The van der Waals surface area contributed by atoms with Crippen molar-refractivity contribution >= 4 is 17.8 Å². The lowest BCUT2D eigenvalue weighted by Gasteiger charge is -2.37. The minimum absolute atomic E-state index is 0.0937. The first-order valence-electron chi connectivity index (χ1n) is 11.0. The minimum Gasteiger partial charge on any atom is -0.507 e. The summed E-state index contributed by atoms with van der Waals surface area (Å²) >= 11 is 0. The summed E-state index contributed by atoms with van der Waals surface area (Å²) in [5, 5.41) is 18.4. The fourth-order valence-electron chi connectivity index (χ4n) is 4.74. The zero-order valence-corrected chi connectivity index (χ0v) is 18.1. The van der Waals surface area contributed by atoms with Crippen LogP contribution in [0, 0.1) is 0 Å². The van der Waals surface area contributed by atoms with Gasteiger partial charge in [-0.1, -0.05) is 18.2 Å². The van der Waals surface area contributed by atoms with Gasteiger partial charge in [0.05, 0.1) is 23.7 Å². The van der Waals surface area contributed by atoms with E-state index in [4.69, 9.17) is 0 Å². The van der Waals surface area contributed by atoms with Crippen molar-refractivity contribution in [3.8, 4) is 11.4 Å². The number of aromatic nitrogens is 2. The summed E-state index contributed by atoms with van der Waals surface area (Å²) < 4.78 is 42.1. The minimum atomic E-state index is -4.81. The molecule has 0 aliphatic carbocycles. The first kappa shape index (κ1) is 22.0. The number of nitrogens with one attached hydrogen (secondary N) is 1. The van der Waals surface area contributed by atoms with Gasteiger partial charge in [-0.2, -0.15) is 23.4 Å². The van der Waals surface area contributed by atoms with Crippen molar-refractivity contribution in [3.63, 3.8) is 0 Å². The maximum Gasteiger partial charge on any atom is 0.434 e. The molecule has 3 heterocycles. The van der Waals surface area contributed by atoms with E-state index in [0.717, 1.165) is 61.8 Å². The molecule has 5 rings (SSSR count). The Bertz CT molecular complexity index is 1270. The van der Waals surface area contributed by atoms with E-state index in [-0.39, 0.29) is 11.4 Å². The number of aromatic hydroxyl groups is 1. The Morgan fingerprint density at radius 2 is 1.88 bits per heavy atom. The number of hydrogen-bond acceptors (Lipinski definition) is 5. The molecule has 0 atom stereocenters. The molecular formula is C24H22F3N5O2. The highest BCUT2D eigenvalue weighted by Gasteiger charge is 2.40. The van der Waals surface area contributed by atoms with Gasteiger partial charge in [-0.25, -0.2) is 10.1 Å². The number of nitrogens with zero attached hydrogens (tertiary/aromatic N) is 4. The normalized spacial score (nSPS) is 15.4. The zero-order chi connectivity index (χ0) is 23.9. The molecule has 2 N–H and O–H groups in total. The van der Waals surface area contributed by atoms with Gasteiger partial charge in [-0.05, 0) is 49.4 Å². The number of phenolic OH excluding ortho intramolecular Hbond substituents is 1. The fraction of sp³-hybridized carbons (Fsp3) is 0.292. The first-order chi connectivity index (χ1) is 16.3. The Morgan fingerprint density at radius 3 is 2.62 bits per heavy atom. The predicted molar refractivity (Wildman–Crippen MR) is 121 cm³/mol. The van der Waals surface area contributed by atoms with E-state index in [9.17, 15) is 23.1 Å². The first-order valence-corrected chi connectivity index (χ1v) is 11.0. The van der Waals surface area contributed by atoms with Crippen molar-refractivity contribution in [1.29, 1.82) is 0 Å². The Balaban J connectivity index is 1.42. The lowest BCUT2D eigenvalue weighted by atomic mass is 9.89. The van der Waals surface area contributed by atoms with E-state index in [1.54, 1.807) is 18.2 Å². The molecule has 0 spiro atoms. The second-order valence-corrected chi connectivity index (χ2v) is 8.35. The molecule has 0 unspecified atom stereocenters. The lowest BCUT2D eigenvalue weighted by Crippen LogP contribution is -2.34. The second kappa shape index (κ2) is 8.51. The van der Waals surface area contributed by atoms with E-state index in [1.165, 1.54) is 18.3 Å². The number of rotatable bonds is 4. The van der Waals surface area contributed by atoms with Crippen molar-refractivity contribution in [2.24, 2.45) is 5.10 Å². The van der Waals surface area contributed by atoms with E-state index in [2.05, 4.69) is 20.5 Å². The molecule has 1 amide bonds. The molecule has 7 nitrogen and oxygen atoms in total. The van der Waals surface area contributed by atoms with Crippen molar-refractivity contribution in [2.75, 3.05) is 18.0 Å². The summed E-state index contributed by atoms with van der Waals surface area (Å²) in [7, 11) is 0. The summed E-state index contributed by atoms with van der Waals surface area (Å²) in [6.45, 7) is 1.92. The number of hydrazone groups is 1. The molecule has 176 valence electrons. The average Bonchev–Trinajstić information content (AvgIpc) is 3.29. The number of aryl methyl sites for hydroxylation is 1. The monoisotopic (exact) mass is 469 g/mol. The van der Waals surface area contributed by atoms with Crippen LogP contribution in [0.25, 0.3) is 5.69 Å². The Hall–Kier alpha value is -3.82. The van der Waals surface area contributed by atoms with E-state index >= 15 is 0 Å². The summed E-state index contributed by atoms with van der Waals surface area (Å²) in [4.78, 5) is 14.9. The number of phenols is 1. The fourth-order valence-corrected chi connectivity index (χ4v) is 4.74. The Labute approximate surface area is 193 Å². The maximum atomic E-state index is 13.8. The van der Waals surface area contributed by atoms with Crippen molar-refractivity contribution < 1.29 is 23.1 Å². The van der Waals surface area contributed by atoms with Crippen LogP contribution >= 0.6 is 0 Å². The molecule has 2 aromatic carbocycles. The number of para-hydroxylation sites is 1. The molecule has 0 fully saturated rings. The third kappa shape index (κ3) is 3.89. The zero-order valence-electron chi connectivity index (χ0n) is 18.1. The van der Waals surface area contributed by atoms with Crippen LogP contribution in [0.5, 0.6) is 5.75 Å². The van der Waals surface area contributed by atoms with Gasteiger partial charge in [0.2, 0.25) is 0 Å². The van der Waals surface area contributed by atoms with E-state index < -0.39 is 23.3 Å². The summed E-state index contributed by atoms with van der Waals surface area (Å²) in [6.07, 6.45) is 0.890. The smallest absolute Gasteiger partial charge is 0.434 e. The van der Waals surface area contributed by atoms with Crippen LogP contribution in [0.1, 0.15) is 45.6 Å². The topological polar surface area (TPSA) is 82.8 Å². The SMILES string of the molecule is O=C(N/N=C/c1cc2c3c(c1O)CCCN3CCC2)c1cnn(-c2ccccc2)c1C(F)(F)F. The third-order valence-electron chi connectivity index (χ3n) is 6.18. The molecule has 2 aliphatic heterocycles. The lowest BCUT2D eigenvalue weighted by molar-refractivity contribution is -0.143. The standard InChI is InChI=1S/C24H22F3N5O2/c25-24(26,27)22-19(14-29-32(22)17-7-2-1-3-8-17)23(34)30-28-13-16-12-15-6-4-10-31-11-5-9-18(20(15)31)21(16)33/h1-3,7-8,12-14,33H,4-6,9-11H2,(H,30,34)/b28-13+. The van der Waals surface area contributed by atoms with Gasteiger partial charge in [-0.3, -0.25) is 4.79 Å². The molecule has 0 bridgehead atoms. The van der Waals surface area contributed by atoms with Crippen LogP contribution in [0.4, 0.5) is 18.9 Å². The van der Waals surface area contributed by atoms with Gasteiger partial charge in [0, 0.05) is 29.9 Å². The van der Waals surface area contributed by atoms with Crippen LogP contribution < -0.4 is 10.3 Å². The molecule has 0 saturated heterocycles. The molecule has 2 aliphatic rings. The Kier molecular flexibility index (Phi) is 5.51. The van der Waals surface area contributed by atoms with Gasteiger partial charge >= 0.3 is 6.18 Å². The molecule has 0 radical (unpaired) electrons. The average molecular weight is 469 g/mol. The maximum absolute atomic E-state index is 13.8. The van der Waals surface area contributed by atoms with Crippen LogP contribution in [0.3, 0.4) is 0 Å². The van der Waals surface area contributed by atoms with Crippen LogP contribution in [0.15, 0.2) is 47.7 Å². The highest BCUT2D eigenvalue weighted by atomic mass is 19.4. The molecule has 3 aromatic rings. The number of hydrogen-bond donors (Lipinski definition) is 2. The summed E-state index contributed by atoms with van der Waals surface area (Å²) in [6, 6.07) is 9.60. The van der Waals surface area contributed by atoms with Gasteiger partial charge in [0.25, 0.3) is 5.91 Å². The van der Waals surface area contributed by atoms with Gasteiger partial charge in [0.1, 0.15) is 5.75 Å². The van der Waals surface area contributed by atoms with Gasteiger partial charge in [-0.15, -0.1) is 0 Å². The molecule has 10 heteroatoms. The number of alkyl halides is 3. The third-order valence-corrected chi connectivity index (χ3v) is 6.18. The molecule has 34 heavy (non-hydrogen) atoms. The van der Waals surface area contributed by atoms with Crippen LogP contribution in [-0.4, -0.2) is 40.1 Å². The largest absolute Gasteiger partial charge is 0.507 e. The number of benzene rings is 2. The van der Waals surface area contributed by atoms with Crippen LogP contribution in [0.2, 0.25) is 0 Å². The Morgan fingerprint density at radius 1 is 1.15 bits per heavy atom. The summed E-state index contributed by atoms with van der Waals surface area (Å²) in [5.41, 5.74) is 3.97. The predicted octanol–water partition coefficient (Wildman–Crippen LogP) is 4.06. The van der Waals surface area contributed by atoms with Gasteiger partial charge in [0.15, 0.2) is 5.69 Å². The highest BCUT2D eigenvalue weighted by Crippen LogP contribution is 2.41. The van der Waals surface area contributed by atoms with Crippen molar-refractivity contribution in [3.05, 3.63) is 70.5 Å². The number of carbonyl (C=O) groups is 1. The molecular weight excluding hydrogens is 447 g/mol. The van der Waals surface area contributed by atoms with E-state index in [0.29, 0.717) is 10.2 Å². The molecule has 0 saturated carbocycles.